The molecular weight excluding hydrogens is 271 g/mol. The zero-order valence-electron chi connectivity index (χ0n) is 11.4. The third kappa shape index (κ3) is 3.10. The van der Waals surface area contributed by atoms with Crippen LogP contribution in [0.25, 0.3) is 0 Å². The summed E-state index contributed by atoms with van der Waals surface area (Å²) < 4.78 is 13.2. The lowest BCUT2D eigenvalue weighted by molar-refractivity contribution is 0.182. The smallest absolute Gasteiger partial charge is 0.123 e. The molecule has 106 valence electrons. The highest BCUT2D eigenvalue weighted by Gasteiger charge is 2.17. The summed E-state index contributed by atoms with van der Waals surface area (Å²) in [5.41, 5.74) is 2.27. The summed E-state index contributed by atoms with van der Waals surface area (Å²) in [4.78, 5) is 2.47. The number of aliphatic hydroxyl groups excluding tert-OH is 1. The Morgan fingerprint density at radius 2 is 2.00 bits per heavy atom. The molecule has 0 amide bonds. The summed E-state index contributed by atoms with van der Waals surface area (Å²) in [7, 11) is 0. The molecule has 0 bridgehead atoms. The Labute approximate surface area is 123 Å². The number of thiophene rings is 1. The van der Waals surface area contributed by atoms with Crippen LogP contribution in [0, 0.1) is 5.82 Å². The van der Waals surface area contributed by atoms with Gasteiger partial charge in [-0.15, -0.1) is 11.3 Å². The molecule has 1 aromatic heterocycles. The Morgan fingerprint density at radius 3 is 2.85 bits per heavy atom. The minimum Gasteiger partial charge on any atom is -0.387 e. The van der Waals surface area contributed by atoms with Crippen molar-refractivity contribution in [1.29, 1.82) is 0 Å². The normalized spacial score (nSPS) is 16.5. The number of hydrogen-bond donors (Lipinski definition) is 1. The van der Waals surface area contributed by atoms with Crippen LogP contribution in [0.3, 0.4) is 0 Å². The van der Waals surface area contributed by atoms with E-state index in [1.165, 1.54) is 41.8 Å². The van der Waals surface area contributed by atoms with Crippen molar-refractivity contribution in [3.05, 3.63) is 57.0 Å². The van der Waals surface area contributed by atoms with E-state index in [0.717, 1.165) is 23.3 Å². The fourth-order valence-electron chi connectivity index (χ4n) is 2.84. The third-order valence-electron chi connectivity index (χ3n) is 3.91. The molecule has 0 fully saturated rings. The first-order valence-corrected chi connectivity index (χ1v) is 8.08. The van der Waals surface area contributed by atoms with E-state index in [4.69, 9.17) is 0 Å². The van der Waals surface area contributed by atoms with E-state index in [9.17, 15) is 9.50 Å². The van der Waals surface area contributed by atoms with Gasteiger partial charge in [0.2, 0.25) is 0 Å². The monoisotopic (exact) mass is 290 g/mol. The molecule has 0 saturated heterocycles. The van der Waals surface area contributed by atoms with Crippen LogP contribution < -0.4 is 0 Å². The number of halogens is 1. The first-order valence-electron chi connectivity index (χ1n) is 7.26. The van der Waals surface area contributed by atoms with Crippen LogP contribution in [0.2, 0.25) is 0 Å². The van der Waals surface area contributed by atoms with Crippen LogP contribution in [0.1, 0.15) is 46.2 Å². The van der Waals surface area contributed by atoms with Crippen molar-refractivity contribution in [2.45, 2.75) is 44.6 Å². The number of benzene rings is 1. The van der Waals surface area contributed by atoms with Crippen LogP contribution in [-0.2, 0) is 19.3 Å². The van der Waals surface area contributed by atoms with Gasteiger partial charge in [0.05, 0.1) is 6.10 Å². The number of aliphatic hydroxyl groups is 1. The molecule has 1 N–H and O–H groups in total. The summed E-state index contributed by atoms with van der Waals surface area (Å²) in [6.07, 6.45) is 6.06. The number of aryl methyl sites for hydroxylation is 2. The van der Waals surface area contributed by atoms with Crippen LogP contribution in [-0.4, -0.2) is 5.11 Å². The van der Waals surface area contributed by atoms with Gasteiger partial charge in [-0.3, -0.25) is 0 Å². The number of fused-ring (bicyclic) bond motifs is 1. The zero-order valence-corrected chi connectivity index (χ0v) is 12.3. The van der Waals surface area contributed by atoms with Crippen LogP contribution in [0.5, 0.6) is 0 Å². The van der Waals surface area contributed by atoms with Gasteiger partial charge in [0, 0.05) is 16.2 Å². The molecule has 20 heavy (non-hydrogen) atoms. The molecular formula is C17H19FOS. The summed E-state index contributed by atoms with van der Waals surface area (Å²) in [6.45, 7) is 0. The van der Waals surface area contributed by atoms with Crippen molar-refractivity contribution in [2.24, 2.45) is 0 Å². The first kappa shape index (κ1) is 13.8. The van der Waals surface area contributed by atoms with Gasteiger partial charge in [-0.05, 0) is 55.0 Å². The van der Waals surface area contributed by atoms with Crippen LogP contribution >= 0.6 is 11.3 Å². The topological polar surface area (TPSA) is 20.2 Å². The zero-order chi connectivity index (χ0) is 13.9. The van der Waals surface area contributed by atoms with E-state index in [1.54, 1.807) is 17.4 Å². The molecule has 1 nitrogen and oxygen atoms in total. The van der Waals surface area contributed by atoms with E-state index in [0.29, 0.717) is 6.42 Å². The second-order valence-electron chi connectivity index (χ2n) is 5.51. The molecule has 0 aliphatic heterocycles. The van der Waals surface area contributed by atoms with Gasteiger partial charge in [0.1, 0.15) is 5.82 Å². The Balaban J connectivity index is 1.75. The van der Waals surface area contributed by atoms with Gasteiger partial charge in [-0.25, -0.2) is 4.39 Å². The van der Waals surface area contributed by atoms with Crippen molar-refractivity contribution in [2.75, 3.05) is 0 Å². The fourth-order valence-corrected chi connectivity index (χ4v) is 4.09. The van der Waals surface area contributed by atoms with Crippen LogP contribution in [0.4, 0.5) is 4.39 Å². The maximum Gasteiger partial charge on any atom is 0.123 e. The van der Waals surface area contributed by atoms with E-state index < -0.39 is 6.10 Å². The van der Waals surface area contributed by atoms with Crippen molar-refractivity contribution >= 4 is 11.3 Å². The summed E-state index contributed by atoms with van der Waals surface area (Å²) in [5.74, 6) is -0.239. The van der Waals surface area contributed by atoms with E-state index >= 15 is 0 Å². The van der Waals surface area contributed by atoms with Gasteiger partial charge in [0.15, 0.2) is 0 Å². The minimum absolute atomic E-state index is 0.239. The van der Waals surface area contributed by atoms with E-state index in [1.807, 2.05) is 6.07 Å². The second-order valence-corrected chi connectivity index (χ2v) is 6.68. The number of rotatable bonds is 3. The average molecular weight is 290 g/mol. The molecule has 3 heteroatoms. The maximum absolute atomic E-state index is 13.2. The molecule has 0 saturated carbocycles. The third-order valence-corrected chi connectivity index (χ3v) is 5.25. The fraction of sp³-hybridized carbons (Fsp3) is 0.412. The second kappa shape index (κ2) is 6.06. The van der Waals surface area contributed by atoms with Gasteiger partial charge >= 0.3 is 0 Å². The Morgan fingerprint density at radius 1 is 1.15 bits per heavy atom. The molecule has 3 rings (SSSR count). The predicted octanol–water partition coefficient (Wildman–Crippen LogP) is 4.43. The molecule has 0 radical (unpaired) electrons. The lowest BCUT2D eigenvalue weighted by atomic mass is 10.1. The summed E-state index contributed by atoms with van der Waals surface area (Å²) in [6, 6.07) is 8.66. The Bertz CT molecular complexity index is 567. The van der Waals surface area contributed by atoms with Gasteiger partial charge in [-0.1, -0.05) is 18.6 Å². The Kier molecular flexibility index (Phi) is 4.18. The first-order chi connectivity index (χ1) is 9.72. The van der Waals surface area contributed by atoms with Gasteiger partial charge in [0.25, 0.3) is 0 Å². The lowest BCUT2D eigenvalue weighted by Gasteiger charge is -2.08. The highest BCUT2D eigenvalue weighted by molar-refractivity contribution is 7.12. The van der Waals surface area contributed by atoms with E-state index in [2.05, 4.69) is 6.07 Å². The summed E-state index contributed by atoms with van der Waals surface area (Å²) >= 11 is 1.74. The largest absolute Gasteiger partial charge is 0.387 e. The highest BCUT2D eigenvalue weighted by Crippen LogP contribution is 2.33. The SMILES string of the molecule is OC(Cc1cccc(F)c1)c1cc2c(s1)CCCCC2. The van der Waals surface area contributed by atoms with Crippen molar-refractivity contribution < 1.29 is 9.50 Å². The average Bonchev–Trinajstić information content (AvgIpc) is 2.70. The van der Waals surface area contributed by atoms with Crippen molar-refractivity contribution in [3.63, 3.8) is 0 Å². The van der Waals surface area contributed by atoms with Crippen molar-refractivity contribution in [3.8, 4) is 0 Å². The Hall–Kier alpha value is -1.19. The quantitative estimate of drug-likeness (QED) is 0.829. The standard InChI is InChI=1S/C17H19FOS/c18-14-7-4-5-12(9-14)10-15(19)17-11-13-6-2-1-3-8-16(13)20-17/h4-5,7,9,11,15,19H,1-3,6,8,10H2. The molecule has 1 aliphatic rings. The predicted molar refractivity (Wildman–Crippen MR) is 80.6 cm³/mol. The molecule has 0 spiro atoms. The van der Waals surface area contributed by atoms with E-state index in [-0.39, 0.29) is 5.82 Å². The van der Waals surface area contributed by atoms with Gasteiger partial charge in [-0.2, -0.15) is 0 Å². The molecule has 1 aliphatic carbocycles. The highest BCUT2D eigenvalue weighted by atomic mass is 32.1. The molecule has 1 heterocycles. The lowest BCUT2D eigenvalue weighted by Crippen LogP contribution is -2.00. The maximum atomic E-state index is 13.2. The van der Waals surface area contributed by atoms with Crippen LogP contribution in [0.15, 0.2) is 30.3 Å². The molecule has 1 aromatic carbocycles. The molecule has 2 aromatic rings. The summed E-state index contributed by atoms with van der Waals surface area (Å²) in [5, 5.41) is 10.4. The minimum atomic E-state index is -0.520. The molecule has 1 atom stereocenters. The van der Waals surface area contributed by atoms with Gasteiger partial charge < -0.3 is 5.11 Å². The number of hydrogen-bond acceptors (Lipinski definition) is 2. The molecule has 1 unspecified atom stereocenters. The van der Waals surface area contributed by atoms with Crippen molar-refractivity contribution in [1.82, 2.24) is 0 Å².